The molecule has 0 bridgehead atoms. The molecule has 3 nitrogen and oxygen atoms in total. The Kier molecular flexibility index (Phi) is 4.54. The van der Waals surface area contributed by atoms with Crippen molar-refractivity contribution in [2.45, 2.75) is 13.5 Å². The van der Waals surface area contributed by atoms with Gasteiger partial charge in [-0.05, 0) is 42.3 Å². The molecule has 20 heavy (non-hydrogen) atoms. The molecule has 0 aliphatic rings. The molecule has 0 fully saturated rings. The van der Waals surface area contributed by atoms with Gasteiger partial charge >= 0.3 is 0 Å². The van der Waals surface area contributed by atoms with Crippen LogP contribution in [0.2, 0.25) is 0 Å². The molecule has 1 amide bonds. The zero-order valence-corrected chi connectivity index (χ0v) is 12.6. The van der Waals surface area contributed by atoms with Crippen molar-refractivity contribution >= 4 is 21.8 Å². The van der Waals surface area contributed by atoms with Crippen LogP contribution < -0.4 is 5.32 Å². The number of nitrogens with zero attached hydrogens (tertiary/aromatic N) is 1. The van der Waals surface area contributed by atoms with Crippen molar-refractivity contribution in [2.75, 3.05) is 0 Å². The van der Waals surface area contributed by atoms with Crippen LogP contribution >= 0.6 is 15.9 Å². The molecule has 0 unspecified atom stereocenters. The lowest BCUT2D eigenvalue weighted by Gasteiger charge is -2.08. The second-order valence-electron chi connectivity index (χ2n) is 4.45. The van der Waals surface area contributed by atoms with Crippen LogP contribution in [0.25, 0.3) is 0 Å². The van der Waals surface area contributed by atoms with Crippen LogP contribution in [0.1, 0.15) is 27.0 Å². The van der Waals surface area contributed by atoms with Crippen LogP contribution in [0.15, 0.2) is 46.9 Å². The molecular formula is C16H13BrN2O. The number of nitriles is 1. The van der Waals surface area contributed by atoms with Gasteiger partial charge in [0.05, 0.1) is 11.6 Å². The maximum atomic E-state index is 12.1. The summed E-state index contributed by atoms with van der Waals surface area (Å²) < 4.78 is 0.875. The van der Waals surface area contributed by atoms with Gasteiger partial charge in [-0.2, -0.15) is 5.26 Å². The number of carbonyl (C=O) groups excluding carboxylic acids is 1. The molecule has 0 heterocycles. The molecule has 0 radical (unpaired) electrons. The van der Waals surface area contributed by atoms with E-state index in [9.17, 15) is 4.79 Å². The number of hydrogen-bond donors (Lipinski definition) is 1. The average Bonchev–Trinajstić information content (AvgIpc) is 2.47. The van der Waals surface area contributed by atoms with E-state index in [1.807, 2.05) is 31.2 Å². The van der Waals surface area contributed by atoms with E-state index >= 15 is 0 Å². The highest BCUT2D eigenvalue weighted by Crippen LogP contribution is 2.16. The van der Waals surface area contributed by atoms with Gasteiger partial charge in [-0.1, -0.05) is 34.1 Å². The molecule has 1 N–H and O–H groups in total. The standard InChI is InChI=1S/C16H13BrN2O/c1-11-5-6-14(17)8-15(11)16(20)19-10-13-4-2-3-12(7-13)9-18/h2-8H,10H2,1H3,(H,19,20). The van der Waals surface area contributed by atoms with Crippen LogP contribution in [0.3, 0.4) is 0 Å². The molecule has 0 spiro atoms. The van der Waals surface area contributed by atoms with Gasteiger partial charge in [0.1, 0.15) is 0 Å². The number of benzene rings is 2. The van der Waals surface area contributed by atoms with Gasteiger partial charge in [-0.3, -0.25) is 4.79 Å². The predicted molar refractivity (Wildman–Crippen MR) is 81.2 cm³/mol. The Hall–Kier alpha value is -2.12. The van der Waals surface area contributed by atoms with Gasteiger partial charge in [-0.25, -0.2) is 0 Å². The van der Waals surface area contributed by atoms with Crippen molar-refractivity contribution in [3.8, 4) is 6.07 Å². The van der Waals surface area contributed by atoms with Crippen LogP contribution in [0.5, 0.6) is 0 Å². The molecular weight excluding hydrogens is 316 g/mol. The lowest BCUT2D eigenvalue weighted by atomic mass is 10.1. The fraction of sp³-hybridized carbons (Fsp3) is 0.125. The molecule has 0 saturated carbocycles. The summed E-state index contributed by atoms with van der Waals surface area (Å²) in [5, 5.41) is 11.7. The highest BCUT2D eigenvalue weighted by molar-refractivity contribution is 9.10. The largest absolute Gasteiger partial charge is 0.348 e. The Bertz CT molecular complexity index is 689. The fourth-order valence-corrected chi connectivity index (χ4v) is 2.23. The molecule has 100 valence electrons. The monoisotopic (exact) mass is 328 g/mol. The summed E-state index contributed by atoms with van der Waals surface area (Å²) in [6.07, 6.45) is 0. The highest BCUT2D eigenvalue weighted by atomic mass is 79.9. The third-order valence-corrected chi connectivity index (χ3v) is 3.45. The van der Waals surface area contributed by atoms with Crippen LogP contribution in [0, 0.1) is 18.3 Å². The Balaban J connectivity index is 2.09. The van der Waals surface area contributed by atoms with Crippen molar-refractivity contribution in [2.24, 2.45) is 0 Å². The summed E-state index contributed by atoms with van der Waals surface area (Å²) in [7, 11) is 0. The Morgan fingerprint density at radius 2 is 2.10 bits per heavy atom. The number of aryl methyl sites for hydroxylation is 1. The van der Waals surface area contributed by atoms with Gasteiger partial charge in [0.25, 0.3) is 5.91 Å². The Morgan fingerprint density at radius 3 is 2.85 bits per heavy atom. The summed E-state index contributed by atoms with van der Waals surface area (Å²) >= 11 is 3.36. The molecule has 2 rings (SSSR count). The van der Waals surface area contributed by atoms with Gasteiger partial charge in [0, 0.05) is 16.6 Å². The lowest BCUT2D eigenvalue weighted by Crippen LogP contribution is -2.23. The summed E-state index contributed by atoms with van der Waals surface area (Å²) in [5.41, 5.74) is 3.08. The zero-order chi connectivity index (χ0) is 14.5. The van der Waals surface area contributed by atoms with E-state index < -0.39 is 0 Å². The highest BCUT2D eigenvalue weighted by Gasteiger charge is 2.09. The average molecular weight is 329 g/mol. The van der Waals surface area contributed by atoms with E-state index in [0.29, 0.717) is 17.7 Å². The number of rotatable bonds is 3. The fourth-order valence-electron chi connectivity index (χ4n) is 1.87. The Labute approximate surface area is 126 Å². The second kappa shape index (κ2) is 6.36. The lowest BCUT2D eigenvalue weighted by molar-refractivity contribution is 0.0950. The van der Waals surface area contributed by atoms with Gasteiger partial charge in [0.2, 0.25) is 0 Å². The third-order valence-electron chi connectivity index (χ3n) is 2.95. The van der Waals surface area contributed by atoms with Gasteiger partial charge in [-0.15, -0.1) is 0 Å². The summed E-state index contributed by atoms with van der Waals surface area (Å²) in [5.74, 6) is -0.119. The van der Waals surface area contributed by atoms with E-state index in [0.717, 1.165) is 15.6 Å². The minimum absolute atomic E-state index is 0.119. The number of carbonyl (C=O) groups is 1. The van der Waals surface area contributed by atoms with Gasteiger partial charge < -0.3 is 5.32 Å². The zero-order valence-electron chi connectivity index (χ0n) is 11.0. The maximum absolute atomic E-state index is 12.1. The number of hydrogen-bond acceptors (Lipinski definition) is 2. The van der Waals surface area contributed by atoms with Crippen molar-refractivity contribution in [1.29, 1.82) is 5.26 Å². The molecule has 0 aliphatic heterocycles. The van der Waals surface area contributed by atoms with E-state index in [4.69, 9.17) is 5.26 Å². The van der Waals surface area contributed by atoms with E-state index in [1.54, 1.807) is 18.2 Å². The topological polar surface area (TPSA) is 52.9 Å². The van der Waals surface area contributed by atoms with E-state index in [1.165, 1.54) is 0 Å². The number of halogens is 1. The SMILES string of the molecule is Cc1ccc(Br)cc1C(=O)NCc1cccc(C#N)c1. The first-order chi connectivity index (χ1) is 9.60. The third kappa shape index (κ3) is 3.46. The molecule has 0 aliphatic carbocycles. The first-order valence-electron chi connectivity index (χ1n) is 6.13. The minimum atomic E-state index is -0.119. The van der Waals surface area contributed by atoms with E-state index in [2.05, 4.69) is 27.3 Å². The van der Waals surface area contributed by atoms with Crippen molar-refractivity contribution in [3.05, 3.63) is 69.2 Å². The second-order valence-corrected chi connectivity index (χ2v) is 5.37. The molecule has 4 heteroatoms. The van der Waals surface area contributed by atoms with Crippen LogP contribution in [-0.4, -0.2) is 5.91 Å². The minimum Gasteiger partial charge on any atom is -0.348 e. The predicted octanol–water partition coefficient (Wildman–Crippen LogP) is 3.56. The molecule has 0 aromatic heterocycles. The smallest absolute Gasteiger partial charge is 0.251 e. The summed E-state index contributed by atoms with van der Waals surface area (Å²) in [6.45, 7) is 2.30. The molecule has 0 atom stereocenters. The van der Waals surface area contributed by atoms with Crippen molar-refractivity contribution in [1.82, 2.24) is 5.32 Å². The quantitative estimate of drug-likeness (QED) is 0.936. The number of amides is 1. The molecule has 0 saturated heterocycles. The van der Waals surface area contributed by atoms with E-state index in [-0.39, 0.29) is 5.91 Å². The molecule has 2 aromatic rings. The maximum Gasteiger partial charge on any atom is 0.251 e. The van der Waals surface area contributed by atoms with Gasteiger partial charge in [0.15, 0.2) is 0 Å². The van der Waals surface area contributed by atoms with Crippen molar-refractivity contribution < 1.29 is 4.79 Å². The molecule has 2 aromatic carbocycles. The number of nitrogens with one attached hydrogen (secondary N) is 1. The Morgan fingerprint density at radius 1 is 1.30 bits per heavy atom. The summed E-state index contributed by atoms with van der Waals surface area (Å²) in [6, 6.07) is 14.9. The first-order valence-corrected chi connectivity index (χ1v) is 6.93. The van der Waals surface area contributed by atoms with Crippen molar-refractivity contribution in [3.63, 3.8) is 0 Å². The normalized spacial score (nSPS) is 9.85. The van der Waals surface area contributed by atoms with Crippen LogP contribution in [-0.2, 0) is 6.54 Å². The van der Waals surface area contributed by atoms with Crippen LogP contribution in [0.4, 0.5) is 0 Å². The first kappa shape index (κ1) is 14.3. The summed E-state index contributed by atoms with van der Waals surface area (Å²) in [4.78, 5) is 12.1.